The molecule has 0 aromatic rings. The summed E-state index contributed by atoms with van der Waals surface area (Å²) < 4.78 is 22.2. The molecule has 4 nitrogen and oxygen atoms in total. The van der Waals surface area contributed by atoms with E-state index in [2.05, 4.69) is 4.90 Å². The van der Waals surface area contributed by atoms with Gasteiger partial charge in [0, 0.05) is 0 Å². The Balaban J connectivity index is 2.08. The molecule has 2 atom stereocenters. The number of hydrogen-bond acceptors (Lipinski definition) is 4. The summed E-state index contributed by atoms with van der Waals surface area (Å²) in [5.74, 6) is 0.0995. The first kappa shape index (κ1) is 8.47. The van der Waals surface area contributed by atoms with Crippen LogP contribution in [0.3, 0.4) is 0 Å². The van der Waals surface area contributed by atoms with Gasteiger partial charge in [-0.2, -0.15) is 0 Å². The Morgan fingerprint density at radius 2 is 1.92 bits per heavy atom. The van der Waals surface area contributed by atoms with Crippen LogP contribution in [0.1, 0.15) is 6.42 Å². The molecule has 0 spiro atoms. The number of hydrogen-bond donors (Lipinski definition) is 1. The molecule has 5 heteroatoms. The highest BCUT2D eigenvalue weighted by Crippen LogP contribution is 2.22. The fourth-order valence-corrected chi connectivity index (χ4v) is 3.66. The molecular weight excluding hydrogens is 178 g/mol. The van der Waals surface area contributed by atoms with Gasteiger partial charge >= 0.3 is 0 Å². The van der Waals surface area contributed by atoms with Crippen molar-refractivity contribution in [1.29, 1.82) is 0 Å². The summed E-state index contributed by atoms with van der Waals surface area (Å²) in [5, 5.41) is 9.44. The molecule has 2 heterocycles. The van der Waals surface area contributed by atoms with Crippen molar-refractivity contribution in [3.63, 3.8) is 0 Å². The van der Waals surface area contributed by atoms with Crippen LogP contribution in [-0.2, 0) is 9.84 Å². The van der Waals surface area contributed by atoms with Crippen LogP contribution in [0.2, 0.25) is 0 Å². The van der Waals surface area contributed by atoms with Crippen molar-refractivity contribution in [1.82, 2.24) is 4.90 Å². The number of nitrogens with zero attached hydrogens (tertiary/aromatic N) is 1. The molecule has 1 N–H and O–H groups in total. The molecule has 0 bridgehead atoms. The molecule has 0 aromatic heterocycles. The quantitative estimate of drug-likeness (QED) is 0.568. The van der Waals surface area contributed by atoms with Gasteiger partial charge in [0.1, 0.15) is 0 Å². The smallest absolute Gasteiger partial charge is 0.154 e. The van der Waals surface area contributed by atoms with Crippen molar-refractivity contribution in [2.24, 2.45) is 0 Å². The highest BCUT2D eigenvalue weighted by Gasteiger charge is 2.41. The van der Waals surface area contributed by atoms with Crippen molar-refractivity contribution >= 4 is 9.84 Å². The molecule has 12 heavy (non-hydrogen) atoms. The van der Waals surface area contributed by atoms with E-state index in [0.29, 0.717) is 0 Å². The van der Waals surface area contributed by atoms with Gasteiger partial charge in [-0.1, -0.05) is 0 Å². The van der Waals surface area contributed by atoms with Crippen molar-refractivity contribution in [3.8, 4) is 0 Å². The summed E-state index contributed by atoms with van der Waals surface area (Å²) in [7, 11) is -2.96. The minimum absolute atomic E-state index is 0.0475. The van der Waals surface area contributed by atoms with Gasteiger partial charge in [0.25, 0.3) is 0 Å². The van der Waals surface area contributed by atoms with Gasteiger partial charge in [0.2, 0.25) is 0 Å². The lowest BCUT2D eigenvalue weighted by molar-refractivity contribution is 0.0452. The fourth-order valence-electron chi connectivity index (χ4n) is 1.83. The van der Waals surface area contributed by atoms with Gasteiger partial charge in [-0.25, -0.2) is 8.42 Å². The van der Waals surface area contributed by atoms with Crippen LogP contribution in [0, 0.1) is 0 Å². The first-order valence-corrected chi connectivity index (χ1v) is 6.03. The molecule has 0 saturated carbocycles. The van der Waals surface area contributed by atoms with Crippen LogP contribution < -0.4 is 0 Å². The number of sulfone groups is 1. The third kappa shape index (κ3) is 1.36. The van der Waals surface area contributed by atoms with Crippen LogP contribution in [0.25, 0.3) is 0 Å². The maximum Gasteiger partial charge on any atom is 0.154 e. The van der Waals surface area contributed by atoms with E-state index in [9.17, 15) is 13.5 Å². The fraction of sp³-hybridized carbons (Fsp3) is 1.00. The zero-order valence-corrected chi connectivity index (χ0v) is 7.63. The van der Waals surface area contributed by atoms with Crippen LogP contribution in [0.4, 0.5) is 0 Å². The topological polar surface area (TPSA) is 57.6 Å². The SMILES string of the molecule is O=S1(=O)CC(O)C(N2CCC2)C1. The van der Waals surface area contributed by atoms with Gasteiger partial charge in [-0.3, -0.25) is 4.90 Å². The summed E-state index contributed by atoms with van der Waals surface area (Å²) >= 11 is 0. The van der Waals surface area contributed by atoms with E-state index in [1.165, 1.54) is 0 Å². The van der Waals surface area contributed by atoms with E-state index in [1.807, 2.05) is 0 Å². The molecule has 2 unspecified atom stereocenters. The lowest BCUT2D eigenvalue weighted by Gasteiger charge is -2.37. The number of likely N-dealkylation sites (tertiary alicyclic amines) is 1. The van der Waals surface area contributed by atoms with E-state index < -0.39 is 15.9 Å². The van der Waals surface area contributed by atoms with Gasteiger partial charge in [0.05, 0.1) is 23.7 Å². The van der Waals surface area contributed by atoms with E-state index >= 15 is 0 Å². The Labute approximate surface area is 72.1 Å². The molecule has 2 fully saturated rings. The standard InChI is InChI=1S/C7H13NO3S/c9-7-5-12(10,11)4-6(7)8-2-1-3-8/h6-7,9H,1-5H2. The predicted octanol–water partition coefficient (Wildman–Crippen LogP) is -1.15. The summed E-state index contributed by atoms with van der Waals surface area (Å²) in [6.07, 6.45) is 0.471. The third-order valence-electron chi connectivity index (χ3n) is 2.65. The second kappa shape index (κ2) is 2.68. The lowest BCUT2D eigenvalue weighted by Crippen LogP contribution is -2.50. The maximum absolute atomic E-state index is 11.1. The van der Waals surface area contributed by atoms with E-state index in [-0.39, 0.29) is 17.5 Å². The largest absolute Gasteiger partial charge is 0.390 e. The molecule has 0 aliphatic carbocycles. The van der Waals surface area contributed by atoms with Gasteiger partial charge in [-0.05, 0) is 19.5 Å². The Morgan fingerprint density at radius 1 is 1.25 bits per heavy atom. The lowest BCUT2D eigenvalue weighted by atomic mass is 10.1. The molecule has 0 aromatic carbocycles. The van der Waals surface area contributed by atoms with Crippen LogP contribution in [-0.4, -0.2) is 55.2 Å². The summed E-state index contributed by atoms with van der Waals surface area (Å²) in [5.41, 5.74) is 0. The normalized spacial score (nSPS) is 41.1. The Kier molecular flexibility index (Phi) is 1.89. The summed E-state index contributed by atoms with van der Waals surface area (Å²) in [4.78, 5) is 2.05. The molecule has 2 saturated heterocycles. The molecule has 0 amide bonds. The molecule has 2 aliphatic heterocycles. The predicted molar refractivity (Wildman–Crippen MR) is 44.6 cm³/mol. The Hall–Kier alpha value is -0.130. The second-order valence-corrected chi connectivity index (χ2v) is 5.75. The zero-order chi connectivity index (χ0) is 8.77. The van der Waals surface area contributed by atoms with E-state index in [4.69, 9.17) is 0 Å². The van der Waals surface area contributed by atoms with Crippen LogP contribution >= 0.6 is 0 Å². The molecule has 70 valence electrons. The second-order valence-electron chi connectivity index (χ2n) is 3.60. The minimum Gasteiger partial charge on any atom is -0.390 e. The average molecular weight is 191 g/mol. The average Bonchev–Trinajstić information content (AvgIpc) is 2.01. The molecular formula is C7H13NO3S. The van der Waals surface area contributed by atoms with Crippen molar-refractivity contribution in [2.75, 3.05) is 24.6 Å². The first-order valence-electron chi connectivity index (χ1n) is 4.21. The molecule has 0 radical (unpaired) electrons. The number of aliphatic hydroxyl groups is 1. The highest BCUT2D eigenvalue weighted by molar-refractivity contribution is 7.91. The Morgan fingerprint density at radius 3 is 2.25 bits per heavy atom. The van der Waals surface area contributed by atoms with E-state index in [1.54, 1.807) is 0 Å². The minimum atomic E-state index is -2.96. The van der Waals surface area contributed by atoms with Crippen molar-refractivity contribution < 1.29 is 13.5 Å². The van der Waals surface area contributed by atoms with Gasteiger partial charge < -0.3 is 5.11 Å². The van der Waals surface area contributed by atoms with Crippen molar-refractivity contribution in [3.05, 3.63) is 0 Å². The third-order valence-corrected chi connectivity index (χ3v) is 4.35. The van der Waals surface area contributed by atoms with Crippen molar-refractivity contribution in [2.45, 2.75) is 18.6 Å². The number of aliphatic hydroxyl groups excluding tert-OH is 1. The highest BCUT2D eigenvalue weighted by atomic mass is 32.2. The zero-order valence-electron chi connectivity index (χ0n) is 6.81. The molecule has 2 rings (SSSR count). The first-order chi connectivity index (χ1) is 5.58. The van der Waals surface area contributed by atoms with Crippen LogP contribution in [0.5, 0.6) is 0 Å². The number of rotatable bonds is 1. The monoisotopic (exact) mass is 191 g/mol. The summed E-state index contributed by atoms with van der Waals surface area (Å²) in [6, 6.07) is -0.122. The van der Waals surface area contributed by atoms with Gasteiger partial charge in [-0.15, -0.1) is 0 Å². The maximum atomic E-state index is 11.1. The Bertz CT molecular complexity index is 270. The molecule has 2 aliphatic rings. The summed E-state index contributed by atoms with van der Waals surface area (Å²) in [6.45, 7) is 1.88. The van der Waals surface area contributed by atoms with Crippen LogP contribution in [0.15, 0.2) is 0 Å². The van der Waals surface area contributed by atoms with E-state index in [0.717, 1.165) is 19.5 Å². The van der Waals surface area contributed by atoms with Gasteiger partial charge in [0.15, 0.2) is 9.84 Å².